The number of nitrogens with one attached hydrogen (secondary N) is 1. The Balaban J connectivity index is 3.13. The third kappa shape index (κ3) is 3.08. The Labute approximate surface area is 114 Å². The summed E-state index contributed by atoms with van der Waals surface area (Å²) in [6, 6.07) is 1.01. The number of halogens is 2. The summed E-state index contributed by atoms with van der Waals surface area (Å²) >= 11 is 0. The number of carbonyl (C=O) groups excluding carboxylic acids is 1. The van der Waals surface area contributed by atoms with Crippen molar-refractivity contribution in [2.75, 3.05) is 11.9 Å². The van der Waals surface area contributed by atoms with Crippen molar-refractivity contribution in [2.45, 2.75) is 20.3 Å². The summed E-state index contributed by atoms with van der Waals surface area (Å²) in [7, 11) is 0. The minimum Gasteiger partial charge on any atom is -0.329 e. The lowest BCUT2D eigenvalue weighted by atomic mass is 9.86. The van der Waals surface area contributed by atoms with Crippen LogP contribution in [0.2, 0.25) is 0 Å². The van der Waals surface area contributed by atoms with Crippen LogP contribution in [0.3, 0.4) is 0 Å². The summed E-state index contributed by atoms with van der Waals surface area (Å²) < 4.78 is 26.7. The number of hydrogen-bond acceptors (Lipinski definition) is 4. The molecule has 0 spiro atoms. The second-order valence-corrected chi connectivity index (χ2v) is 4.61. The van der Waals surface area contributed by atoms with Gasteiger partial charge >= 0.3 is 5.69 Å². The largest absolute Gasteiger partial charge is 0.329 e. The van der Waals surface area contributed by atoms with Gasteiger partial charge in [-0.05, 0) is 13.3 Å². The standard InChI is InChI=1S/C12H15F2N3O3/c1-3-12(2,6-15)11(18)16-9-5-10(17(19)20)8(14)4-7(9)13/h4-5H,3,6,15H2,1-2H3,(H,16,18). The molecule has 1 aromatic rings. The lowest BCUT2D eigenvalue weighted by molar-refractivity contribution is -0.387. The number of benzene rings is 1. The summed E-state index contributed by atoms with van der Waals surface area (Å²) in [6.45, 7) is 3.34. The first-order valence-electron chi connectivity index (χ1n) is 5.90. The van der Waals surface area contributed by atoms with Crippen LogP contribution in [0.5, 0.6) is 0 Å². The Morgan fingerprint density at radius 2 is 2.05 bits per heavy atom. The monoisotopic (exact) mass is 287 g/mol. The van der Waals surface area contributed by atoms with Crippen LogP contribution in [-0.2, 0) is 4.79 Å². The minimum atomic E-state index is -1.30. The first kappa shape index (κ1) is 16.0. The maximum atomic E-state index is 13.5. The fraction of sp³-hybridized carbons (Fsp3) is 0.417. The fourth-order valence-electron chi connectivity index (χ4n) is 1.44. The molecule has 6 nitrogen and oxygen atoms in total. The van der Waals surface area contributed by atoms with Crippen LogP contribution in [0.4, 0.5) is 20.2 Å². The van der Waals surface area contributed by atoms with Gasteiger partial charge in [-0.25, -0.2) is 4.39 Å². The minimum absolute atomic E-state index is 0.0280. The number of anilines is 1. The topological polar surface area (TPSA) is 98.3 Å². The summed E-state index contributed by atoms with van der Waals surface area (Å²) in [4.78, 5) is 21.6. The van der Waals surface area contributed by atoms with Gasteiger partial charge in [0.15, 0.2) is 0 Å². The van der Waals surface area contributed by atoms with Crippen molar-refractivity contribution < 1.29 is 18.5 Å². The van der Waals surface area contributed by atoms with Crippen molar-refractivity contribution in [2.24, 2.45) is 11.1 Å². The highest BCUT2D eigenvalue weighted by molar-refractivity contribution is 5.95. The number of nitro groups is 1. The van der Waals surface area contributed by atoms with E-state index in [9.17, 15) is 23.7 Å². The van der Waals surface area contributed by atoms with Gasteiger partial charge in [-0.15, -0.1) is 0 Å². The van der Waals surface area contributed by atoms with E-state index in [2.05, 4.69) is 5.32 Å². The van der Waals surface area contributed by atoms with E-state index in [1.807, 2.05) is 0 Å². The molecule has 8 heteroatoms. The Morgan fingerprint density at radius 1 is 1.45 bits per heavy atom. The molecular weight excluding hydrogens is 272 g/mol. The second kappa shape index (κ2) is 5.91. The number of rotatable bonds is 5. The molecule has 1 rings (SSSR count). The van der Waals surface area contributed by atoms with Gasteiger partial charge in [-0.3, -0.25) is 14.9 Å². The Hall–Kier alpha value is -2.09. The van der Waals surface area contributed by atoms with Crippen molar-refractivity contribution in [3.8, 4) is 0 Å². The highest BCUT2D eigenvalue weighted by atomic mass is 19.1. The van der Waals surface area contributed by atoms with Crippen molar-refractivity contribution in [1.82, 2.24) is 0 Å². The number of nitrogens with zero attached hydrogens (tertiary/aromatic N) is 1. The summed E-state index contributed by atoms with van der Waals surface area (Å²) in [5.41, 5.74) is 3.20. The predicted molar refractivity (Wildman–Crippen MR) is 69.1 cm³/mol. The molecule has 0 heterocycles. The SMILES string of the molecule is CCC(C)(CN)C(=O)Nc1cc([N+](=O)[O-])c(F)cc1F. The van der Waals surface area contributed by atoms with Gasteiger partial charge in [0.05, 0.1) is 16.0 Å². The summed E-state index contributed by atoms with van der Waals surface area (Å²) in [5, 5.41) is 12.8. The molecule has 20 heavy (non-hydrogen) atoms. The average Bonchev–Trinajstić information content (AvgIpc) is 2.40. The third-order valence-corrected chi connectivity index (χ3v) is 3.26. The number of hydrogen-bond donors (Lipinski definition) is 2. The van der Waals surface area contributed by atoms with Crippen LogP contribution in [0, 0.1) is 27.2 Å². The molecule has 0 aliphatic rings. The van der Waals surface area contributed by atoms with Gasteiger partial charge < -0.3 is 11.1 Å². The molecule has 0 radical (unpaired) electrons. The second-order valence-electron chi connectivity index (χ2n) is 4.61. The smallest absolute Gasteiger partial charge is 0.307 e. The molecular formula is C12H15F2N3O3. The molecule has 0 fully saturated rings. The zero-order valence-electron chi connectivity index (χ0n) is 11.1. The quantitative estimate of drug-likeness (QED) is 0.640. The van der Waals surface area contributed by atoms with E-state index in [4.69, 9.17) is 5.73 Å². The van der Waals surface area contributed by atoms with E-state index in [0.29, 0.717) is 18.6 Å². The molecule has 1 amide bonds. The first-order chi connectivity index (χ1) is 9.25. The van der Waals surface area contributed by atoms with Crippen molar-refractivity contribution in [1.29, 1.82) is 0 Å². The lowest BCUT2D eigenvalue weighted by Crippen LogP contribution is -2.39. The molecule has 0 aliphatic carbocycles. The molecule has 1 unspecified atom stereocenters. The van der Waals surface area contributed by atoms with E-state index >= 15 is 0 Å². The molecule has 110 valence electrons. The lowest BCUT2D eigenvalue weighted by Gasteiger charge is -2.25. The predicted octanol–water partition coefficient (Wildman–Crippen LogP) is 2.19. The van der Waals surface area contributed by atoms with Crippen molar-refractivity contribution >= 4 is 17.3 Å². The van der Waals surface area contributed by atoms with Crippen LogP contribution in [0.25, 0.3) is 0 Å². The molecule has 3 N–H and O–H groups in total. The number of nitro benzene ring substituents is 1. The van der Waals surface area contributed by atoms with E-state index in [1.54, 1.807) is 13.8 Å². The van der Waals surface area contributed by atoms with Crippen molar-refractivity contribution in [3.05, 3.63) is 33.9 Å². The Bertz CT molecular complexity index is 545. The van der Waals surface area contributed by atoms with E-state index in [-0.39, 0.29) is 6.54 Å². The normalized spacial score (nSPS) is 13.7. The van der Waals surface area contributed by atoms with Gasteiger partial charge in [-0.2, -0.15) is 4.39 Å². The van der Waals surface area contributed by atoms with Gasteiger partial charge in [-0.1, -0.05) is 6.92 Å². The zero-order valence-corrected chi connectivity index (χ0v) is 11.1. The van der Waals surface area contributed by atoms with Crippen LogP contribution in [0.15, 0.2) is 12.1 Å². The number of amides is 1. The van der Waals surface area contributed by atoms with Crippen LogP contribution >= 0.6 is 0 Å². The Kier molecular flexibility index (Phi) is 4.72. The maximum Gasteiger partial charge on any atom is 0.307 e. The van der Waals surface area contributed by atoms with Crippen LogP contribution in [0.1, 0.15) is 20.3 Å². The van der Waals surface area contributed by atoms with Crippen molar-refractivity contribution in [3.63, 3.8) is 0 Å². The molecule has 0 bridgehead atoms. The highest BCUT2D eigenvalue weighted by Crippen LogP contribution is 2.27. The Morgan fingerprint density at radius 3 is 2.50 bits per heavy atom. The maximum absolute atomic E-state index is 13.5. The molecule has 0 aliphatic heterocycles. The molecule has 0 saturated heterocycles. The highest BCUT2D eigenvalue weighted by Gasteiger charge is 2.31. The molecule has 0 aromatic heterocycles. The van der Waals surface area contributed by atoms with Gasteiger partial charge in [0.2, 0.25) is 11.7 Å². The fourth-order valence-corrected chi connectivity index (χ4v) is 1.44. The summed E-state index contributed by atoms with van der Waals surface area (Å²) in [6.07, 6.45) is 0.403. The van der Waals surface area contributed by atoms with Gasteiger partial charge in [0.1, 0.15) is 5.82 Å². The zero-order chi connectivity index (χ0) is 15.5. The third-order valence-electron chi connectivity index (χ3n) is 3.26. The van der Waals surface area contributed by atoms with Gasteiger partial charge in [0.25, 0.3) is 0 Å². The van der Waals surface area contributed by atoms with E-state index in [1.165, 1.54) is 0 Å². The number of nitrogens with two attached hydrogens (primary N) is 1. The molecule has 1 atom stereocenters. The number of carbonyl (C=O) groups is 1. The molecule has 1 aromatic carbocycles. The molecule has 0 saturated carbocycles. The van der Waals surface area contributed by atoms with E-state index < -0.39 is 39.3 Å². The summed E-state index contributed by atoms with van der Waals surface area (Å²) in [5.74, 6) is -2.97. The van der Waals surface area contributed by atoms with Gasteiger partial charge in [0, 0.05) is 18.7 Å². The van der Waals surface area contributed by atoms with Crippen LogP contribution in [-0.4, -0.2) is 17.4 Å². The average molecular weight is 287 g/mol. The van der Waals surface area contributed by atoms with E-state index in [0.717, 1.165) is 0 Å². The first-order valence-corrected chi connectivity index (χ1v) is 5.90. The van der Waals surface area contributed by atoms with Crippen LogP contribution < -0.4 is 11.1 Å².